The minimum absolute atomic E-state index is 0.129. The summed E-state index contributed by atoms with van der Waals surface area (Å²) < 4.78 is 5.17. The molecule has 0 aliphatic rings. The number of carbonyl (C=O) groups excluding carboxylic acids is 2. The number of ether oxygens (including phenoxy) is 1. The maximum absolute atomic E-state index is 12.4. The van der Waals surface area contributed by atoms with Crippen LogP contribution in [0.15, 0.2) is 72.1 Å². The summed E-state index contributed by atoms with van der Waals surface area (Å²) in [6, 6.07) is 23.1. The smallest absolute Gasteiger partial charge is 0.307 e. The van der Waals surface area contributed by atoms with E-state index in [2.05, 4.69) is 5.32 Å². The molecule has 1 heterocycles. The minimum Gasteiger partial charge on any atom is -0.456 e. The van der Waals surface area contributed by atoms with Crippen LogP contribution < -0.4 is 5.32 Å². The number of rotatable bonds is 7. The Morgan fingerprint density at radius 2 is 1.61 bits per heavy atom. The van der Waals surface area contributed by atoms with Crippen molar-refractivity contribution in [3.8, 4) is 6.07 Å². The molecule has 1 amide bonds. The van der Waals surface area contributed by atoms with Crippen molar-refractivity contribution in [1.82, 2.24) is 0 Å². The van der Waals surface area contributed by atoms with Crippen LogP contribution in [0.3, 0.4) is 0 Å². The van der Waals surface area contributed by atoms with E-state index in [-0.39, 0.29) is 12.3 Å². The zero-order valence-electron chi connectivity index (χ0n) is 15.0. The van der Waals surface area contributed by atoms with Crippen molar-refractivity contribution in [1.29, 1.82) is 5.26 Å². The van der Waals surface area contributed by atoms with E-state index < -0.39 is 18.5 Å². The predicted octanol–water partition coefficient (Wildman–Crippen LogP) is 4.32. The van der Waals surface area contributed by atoms with Crippen LogP contribution in [0.2, 0.25) is 0 Å². The zero-order chi connectivity index (χ0) is 19.8. The van der Waals surface area contributed by atoms with Crippen LogP contribution >= 0.6 is 11.3 Å². The lowest BCUT2D eigenvalue weighted by Crippen LogP contribution is -2.21. The van der Waals surface area contributed by atoms with Crippen molar-refractivity contribution in [3.63, 3.8) is 0 Å². The molecule has 28 heavy (non-hydrogen) atoms. The van der Waals surface area contributed by atoms with Gasteiger partial charge in [-0.15, -0.1) is 11.3 Å². The number of amides is 1. The second kappa shape index (κ2) is 9.49. The van der Waals surface area contributed by atoms with E-state index >= 15 is 0 Å². The van der Waals surface area contributed by atoms with Gasteiger partial charge in [0.15, 0.2) is 6.61 Å². The Morgan fingerprint density at radius 1 is 1.00 bits per heavy atom. The molecule has 0 aliphatic carbocycles. The Hall–Kier alpha value is -3.43. The summed E-state index contributed by atoms with van der Waals surface area (Å²) in [6.07, 6.45) is 0.129. The number of hydrogen-bond donors (Lipinski definition) is 1. The molecule has 0 unspecified atom stereocenters. The predicted molar refractivity (Wildman–Crippen MR) is 108 cm³/mol. The molecule has 5 nitrogen and oxygen atoms in total. The van der Waals surface area contributed by atoms with Gasteiger partial charge in [-0.2, -0.15) is 5.26 Å². The molecule has 2 aromatic carbocycles. The summed E-state index contributed by atoms with van der Waals surface area (Å²) in [6.45, 7) is -0.391. The van der Waals surface area contributed by atoms with Gasteiger partial charge in [-0.1, -0.05) is 60.7 Å². The molecule has 0 bridgehead atoms. The third kappa shape index (κ3) is 5.06. The van der Waals surface area contributed by atoms with Crippen molar-refractivity contribution in [2.75, 3.05) is 11.9 Å². The fourth-order valence-corrected chi connectivity index (χ4v) is 3.58. The lowest BCUT2D eigenvalue weighted by molar-refractivity contribution is -0.147. The lowest BCUT2D eigenvalue weighted by atomic mass is 9.89. The van der Waals surface area contributed by atoms with Crippen molar-refractivity contribution >= 4 is 28.2 Å². The number of carbonyl (C=O) groups is 2. The molecule has 1 aromatic heterocycles. The van der Waals surface area contributed by atoms with Crippen LogP contribution in [0, 0.1) is 11.3 Å². The van der Waals surface area contributed by atoms with Crippen molar-refractivity contribution in [3.05, 3.63) is 88.8 Å². The van der Waals surface area contributed by atoms with Gasteiger partial charge in [-0.25, -0.2) is 0 Å². The van der Waals surface area contributed by atoms with Gasteiger partial charge in [0.2, 0.25) is 0 Å². The number of anilines is 1. The summed E-state index contributed by atoms with van der Waals surface area (Å²) >= 11 is 1.25. The molecule has 0 fully saturated rings. The first-order chi connectivity index (χ1) is 13.7. The third-order valence-electron chi connectivity index (χ3n) is 4.18. The average molecular weight is 390 g/mol. The number of esters is 1. The topological polar surface area (TPSA) is 79.2 Å². The van der Waals surface area contributed by atoms with Crippen molar-refractivity contribution in [2.24, 2.45) is 0 Å². The molecule has 0 saturated heterocycles. The summed E-state index contributed by atoms with van der Waals surface area (Å²) in [7, 11) is 0. The third-order valence-corrected chi connectivity index (χ3v) is 5.01. The second-order valence-electron chi connectivity index (χ2n) is 6.06. The van der Waals surface area contributed by atoms with Crippen LogP contribution in [-0.4, -0.2) is 18.5 Å². The minimum atomic E-state index is -0.469. The SMILES string of the molecule is N#Cc1ccsc1NC(=O)COC(=O)CC(c1ccccc1)c1ccccc1. The first-order valence-electron chi connectivity index (χ1n) is 8.70. The van der Waals surface area contributed by atoms with Crippen molar-refractivity contribution in [2.45, 2.75) is 12.3 Å². The number of hydrogen-bond acceptors (Lipinski definition) is 5. The van der Waals surface area contributed by atoms with Gasteiger partial charge in [-0.3, -0.25) is 9.59 Å². The molecule has 0 spiro atoms. The van der Waals surface area contributed by atoms with E-state index in [9.17, 15) is 9.59 Å². The molecule has 140 valence electrons. The highest BCUT2D eigenvalue weighted by Crippen LogP contribution is 2.28. The van der Waals surface area contributed by atoms with Gasteiger partial charge in [0.25, 0.3) is 5.91 Å². The van der Waals surface area contributed by atoms with Gasteiger partial charge in [-0.05, 0) is 22.6 Å². The highest BCUT2D eigenvalue weighted by atomic mass is 32.1. The fourth-order valence-electron chi connectivity index (χ4n) is 2.83. The molecule has 0 aliphatic heterocycles. The van der Waals surface area contributed by atoms with Crippen LogP contribution in [0.4, 0.5) is 5.00 Å². The number of nitrogens with zero attached hydrogens (tertiary/aromatic N) is 1. The van der Waals surface area contributed by atoms with Gasteiger partial charge in [0.1, 0.15) is 11.1 Å². The highest BCUT2D eigenvalue weighted by Gasteiger charge is 2.20. The van der Waals surface area contributed by atoms with E-state index in [4.69, 9.17) is 10.00 Å². The lowest BCUT2D eigenvalue weighted by Gasteiger charge is -2.17. The van der Waals surface area contributed by atoms with Gasteiger partial charge < -0.3 is 10.1 Å². The number of nitrogens with one attached hydrogen (secondary N) is 1. The maximum atomic E-state index is 12.4. The normalized spacial score (nSPS) is 10.3. The molecule has 6 heteroatoms. The monoisotopic (exact) mass is 390 g/mol. The van der Waals surface area contributed by atoms with E-state index in [0.717, 1.165) is 11.1 Å². The van der Waals surface area contributed by atoms with E-state index in [0.29, 0.717) is 10.6 Å². The second-order valence-corrected chi connectivity index (χ2v) is 6.98. The van der Waals surface area contributed by atoms with E-state index in [1.165, 1.54) is 11.3 Å². The highest BCUT2D eigenvalue weighted by molar-refractivity contribution is 7.14. The first kappa shape index (κ1) is 19.3. The Bertz CT molecular complexity index is 938. The van der Waals surface area contributed by atoms with Crippen LogP contribution in [0.1, 0.15) is 29.0 Å². The molecular weight excluding hydrogens is 372 g/mol. The summed E-state index contributed by atoms with van der Waals surface area (Å²) in [5.41, 5.74) is 2.40. The Labute approximate surface area is 167 Å². The summed E-state index contributed by atoms with van der Waals surface area (Å²) in [4.78, 5) is 24.4. The fraction of sp³-hybridized carbons (Fsp3) is 0.136. The van der Waals surface area contributed by atoms with Crippen LogP contribution in [0.25, 0.3) is 0 Å². The van der Waals surface area contributed by atoms with Gasteiger partial charge in [0.05, 0.1) is 12.0 Å². The van der Waals surface area contributed by atoms with Gasteiger partial charge >= 0.3 is 5.97 Å². The van der Waals surface area contributed by atoms with Gasteiger partial charge in [0, 0.05) is 5.92 Å². The molecular formula is C22H18N2O3S. The first-order valence-corrected chi connectivity index (χ1v) is 9.58. The number of nitriles is 1. The molecule has 0 radical (unpaired) electrons. The molecule has 3 rings (SSSR count). The largest absolute Gasteiger partial charge is 0.456 e. The zero-order valence-corrected chi connectivity index (χ0v) is 15.8. The number of benzene rings is 2. The van der Waals surface area contributed by atoms with Crippen molar-refractivity contribution < 1.29 is 14.3 Å². The molecule has 0 atom stereocenters. The molecule has 1 N–H and O–H groups in total. The van der Waals surface area contributed by atoms with Crippen LogP contribution in [-0.2, 0) is 14.3 Å². The summed E-state index contributed by atoms with van der Waals surface area (Å²) in [5, 5.41) is 13.7. The van der Waals surface area contributed by atoms with E-state index in [1.807, 2.05) is 66.7 Å². The Kier molecular flexibility index (Phi) is 6.55. The summed E-state index contributed by atoms with van der Waals surface area (Å²) in [5.74, 6) is -1.08. The Balaban J connectivity index is 1.61. The standard InChI is InChI=1S/C22H18N2O3S/c23-14-18-11-12-28-22(18)24-20(25)15-27-21(26)13-19(16-7-3-1-4-8-16)17-9-5-2-6-10-17/h1-12,19H,13,15H2,(H,24,25). The molecule has 0 saturated carbocycles. The average Bonchev–Trinajstić information content (AvgIpc) is 3.19. The maximum Gasteiger partial charge on any atom is 0.307 e. The molecule has 3 aromatic rings. The van der Waals surface area contributed by atoms with E-state index in [1.54, 1.807) is 11.4 Å². The van der Waals surface area contributed by atoms with Crippen LogP contribution in [0.5, 0.6) is 0 Å². The quantitative estimate of drug-likeness (QED) is 0.609. The Morgan fingerprint density at radius 3 is 2.18 bits per heavy atom. The number of thiophene rings is 1.